The molecular weight excluding hydrogens is 344 g/mol. The summed E-state index contributed by atoms with van der Waals surface area (Å²) >= 11 is 3.58. The van der Waals surface area contributed by atoms with Crippen molar-refractivity contribution in [3.8, 4) is 0 Å². The molecule has 0 spiro atoms. The van der Waals surface area contributed by atoms with Crippen LogP contribution in [0.5, 0.6) is 0 Å². The van der Waals surface area contributed by atoms with Crippen LogP contribution in [0.1, 0.15) is 31.9 Å². The Balaban J connectivity index is 1.87. The van der Waals surface area contributed by atoms with Gasteiger partial charge in [0.15, 0.2) is 0 Å². The second-order valence-electron chi connectivity index (χ2n) is 6.77. The third kappa shape index (κ3) is 4.71. The predicted octanol–water partition coefficient (Wildman–Crippen LogP) is 3.81. The molecule has 122 valence electrons. The Morgan fingerprint density at radius 3 is 2.45 bits per heavy atom. The third-order valence-corrected chi connectivity index (χ3v) is 4.66. The van der Waals surface area contributed by atoms with Crippen molar-refractivity contribution in [2.24, 2.45) is 0 Å². The Morgan fingerprint density at radius 2 is 1.86 bits per heavy atom. The van der Waals surface area contributed by atoms with Crippen molar-refractivity contribution in [3.63, 3.8) is 0 Å². The number of carbonyl (C=O) groups excluding carboxylic acids is 1. The van der Waals surface area contributed by atoms with Gasteiger partial charge in [-0.2, -0.15) is 0 Å². The summed E-state index contributed by atoms with van der Waals surface area (Å²) in [5.74, 6) is 0. The van der Waals surface area contributed by atoms with Gasteiger partial charge in [-0.05, 0) is 44.9 Å². The minimum Gasteiger partial charge on any atom is -0.444 e. The zero-order valence-corrected chi connectivity index (χ0v) is 15.4. The molecule has 22 heavy (non-hydrogen) atoms. The zero-order chi connectivity index (χ0) is 16.3. The number of carbonyl (C=O) groups is 1. The standard InChI is InChI=1S/C17H25BrN2O2/c1-13-14(6-5-7-15(13)18)12-19-8-10-20(11-9-19)16(21)22-17(2,3)4/h5-7H,8-12H2,1-4H3. The number of benzene rings is 1. The molecule has 5 heteroatoms. The van der Waals surface area contributed by atoms with Gasteiger partial charge < -0.3 is 9.64 Å². The molecule has 0 N–H and O–H groups in total. The first-order chi connectivity index (χ1) is 10.3. The summed E-state index contributed by atoms with van der Waals surface area (Å²) < 4.78 is 6.58. The molecule has 0 saturated carbocycles. The van der Waals surface area contributed by atoms with Gasteiger partial charge in [0.1, 0.15) is 5.60 Å². The second kappa shape index (κ2) is 7.01. The molecule has 1 aromatic carbocycles. The van der Waals surface area contributed by atoms with E-state index in [1.54, 1.807) is 4.90 Å². The molecule has 0 unspecified atom stereocenters. The summed E-state index contributed by atoms with van der Waals surface area (Å²) in [7, 11) is 0. The number of rotatable bonds is 2. The van der Waals surface area contributed by atoms with Gasteiger partial charge in [0.25, 0.3) is 0 Å². The Kier molecular flexibility index (Phi) is 5.50. The minimum absolute atomic E-state index is 0.203. The van der Waals surface area contributed by atoms with Crippen LogP contribution in [0.3, 0.4) is 0 Å². The average molecular weight is 369 g/mol. The highest BCUT2D eigenvalue weighted by atomic mass is 79.9. The fourth-order valence-corrected chi connectivity index (χ4v) is 2.89. The lowest BCUT2D eigenvalue weighted by Crippen LogP contribution is -2.49. The molecule has 1 saturated heterocycles. The molecule has 1 aromatic rings. The maximum atomic E-state index is 12.1. The zero-order valence-electron chi connectivity index (χ0n) is 13.9. The largest absolute Gasteiger partial charge is 0.444 e. The molecule has 0 bridgehead atoms. The van der Waals surface area contributed by atoms with E-state index < -0.39 is 5.60 Å². The van der Waals surface area contributed by atoms with Crippen LogP contribution in [0.15, 0.2) is 22.7 Å². The molecule has 1 amide bonds. The molecule has 0 radical (unpaired) electrons. The normalized spacial score (nSPS) is 16.7. The monoisotopic (exact) mass is 368 g/mol. The first kappa shape index (κ1) is 17.3. The Morgan fingerprint density at radius 1 is 1.23 bits per heavy atom. The summed E-state index contributed by atoms with van der Waals surface area (Å²) in [4.78, 5) is 16.2. The van der Waals surface area contributed by atoms with Crippen LogP contribution in [-0.2, 0) is 11.3 Å². The van der Waals surface area contributed by atoms with Gasteiger partial charge in [0.05, 0.1) is 0 Å². The van der Waals surface area contributed by atoms with Gasteiger partial charge in [0.2, 0.25) is 0 Å². The lowest BCUT2D eigenvalue weighted by molar-refractivity contribution is 0.0139. The third-order valence-electron chi connectivity index (χ3n) is 3.80. The van der Waals surface area contributed by atoms with E-state index in [9.17, 15) is 4.79 Å². The number of ether oxygens (including phenoxy) is 1. The van der Waals surface area contributed by atoms with Crippen molar-refractivity contribution >= 4 is 22.0 Å². The number of amides is 1. The number of hydrogen-bond acceptors (Lipinski definition) is 3. The molecule has 0 aliphatic carbocycles. The van der Waals surface area contributed by atoms with Crippen LogP contribution in [0.25, 0.3) is 0 Å². The van der Waals surface area contributed by atoms with Crippen LogP contribution >= 0.6 is 15.9 Å². The number of halogens is 1. The number of piperazine rings is 1. The predicted molar refractivity (Wildman–Crippen MR) is 92.0 cm³/mol. The molecule has 2 rings (SSSR count). The molecule has 1 heterocycles. The molecule has 0 atom stereocenters. The fourth-order valence-electron chi connectivity index (χ4n) is 2.48. The highest BCUT2D eigenvalue weighted by Gasteiger charge is 2.25. The summed E-state index contributed by atoms with van der Waals surface area (Å²) in [5.41, 5.74) is 2.19. The van der Waals surface area contributed by atoms with E-state index in [4.69, 9.17) is 4.74 Å². The summed E-state index contributed by atoms with van der Waals surface area (Å²) in [6.07, 6.45) is -0.203. The molecule has 1 fully saturated rings. The van der Waals surface area contributed by atoms with Gasteiger partial charge in [-0.25, -0.2) is 4.79 Å². The average Bonchev–Trinajstić information content (AvgIpc) is 2.43. The number of hydrogen-bond donors (Lipinski definition) is 0. The van der Waals surface area contributed by atoms with Crippen LogP contribution in [0, 0.1) is 6.92 Å². The quantitative estimate of drug-likeness (QED) is 0.795. The van der Waals surface area contributed by atoms with E-state index >= 15 is 0 Å². The van der Waals surface area contributed by atoms with Gasteiger partial charge in [-0.15, -0.1) is 0 Å². The van der Waals surface area contributed by atoms with E-state index in [0.717, 1.165) is 37.2 Å². The Labute approximate surface area is 141 Å². The van der Waals surface area contributed by atoms with Gasteiger partial charge in [0, 0.05) is 37.2 Å². The summed E-state index contributed by atoms with van der Waals surface area (Å²) in [6, 6.07) is 6.31. The van der Waals surface area contributed by atoms with Crippen molar-refractivity contribution in [1.29, 1.82) is 0 Å². The van der Waals surface area contributed by atoms with Gasteiger partial charge in [-0.3, -0.25) is 4.90 Å². The van der Waals surface area contributed by atoms with E-state index in [-0.39, 0.29) is 6.09 Å². The first-order valence-corrected chi connectivity index (χ1v) is 8.50. The Hall–Kier alpha value is -1.07. The SMILES string of the molecule is Cc1c(Br)cccc1CN1CCN(C(=O)OC(C)(C)C)CC1. The molecule has 4 nitrogen and oxygen atoms in total. The molecular formula is C17H25BrN2O2. The highest BCUT2D eigenvalue weighted by molar-refractivity contribution is 9.10. The lowest BCUT2D eigenvalue weighted by atomic mass is 10.1. The second-order valence-corrected chi connectivity index (χ2v) is 7.62. The molecule has 1 aliphatic heterocycles. The molecule has 1 aliphatic rings. The summed E-state index contributed by atoms with van der Waals surface area (Å²) in [6.45, 7) is 12.0. The van der Waals surface area contributed by atoms with Crippen LogP contribution < -0.4 is 0 Å². The van der Waals surface area contributed by atoms with Crippen LogP contribution in [0.2, 0.25) is 0 Å². The van der Waals surface area contributed by atoms with Crippen molar-refractivity contribution < 1.29 is 9.53 Å². The van der Waals surface area contributed by atoms with Crippen molar-refractivity contribution in [1.82, 2.24) is 9.80 Å². The van der Waals surface area contributed by atoms with Crippen molar-refractivity contribution in [2.45, 2.75) is 39.8 Å². The maximum Gasteiger partial charge on any atom is 0.410 e. The van der Waals surface area contributed by atoms with Crippen LogP contribution in [0.4, 0.5) is 4.79 Å². The van der Waals surface area contributed by atoms with Crippen molar-refractivity contribution in [3.05, 3.63) is 33.8 Å². The van der Waals surface area contributed by atoms with Gasteiger partial charge >= 0.3 is 6.09 Å². The smallest absolute Gasteiger partial charge is 0.410 e. The Bertz CT molecular complexity index is 532. The topological polar surface area (TPSA) is 32.8 Å². The minimum atomic E-state index is -0.429. The fraction of sp³-hybridized carbons (Fsp3) is 0.588. The lowest BCUT2D eigenvalue weighted by Gasteiger charge is -2.35. The van der Waals surface area contributed by atoms with Crippen LogP contribution in [-0.4, -0.2) is 47.7 Å². The first-order valence-electron chi connectivity index (χ1n) is 7.70. The van der Waals surface area contributed by atoms with E-state index in [1.165, 1.54) is 11.1 Å². The van der Waals surface area contributed by atoms with E-state index in [1.807, 2.05) is 20.8 Å². The van der Waals surface area contributed by atoms with E-state index in [0.29, 0.717) is 0 Å². The van der Waals surface area contributed by atoms with Crippen molar-refractivity contribution in [2.75, 3.05) is 26.2 Å². The maximum absolute atomic E-state index is 12.1. The highest BCUT2D eigenvalue weighted by Crippen LogP contribution is 2.21. The molecule has 0 aromatic heterocycles. The summed E-state index contributed by atoms with van der Waals surface area (Å²) in [5, 5.41) is 0. The van der Waals surface area contributed by atoms with E-state index in [2.05, 4.69) is 46.0 Å². The number of nitrogens with zero attached hydrogens (tertiary/aromatic N) is 2. The van der Waals surface area contributed by atoms with Gasteiger partial charge in [-0.1, -0.05) is 28.1 Å².